The number of amides is 2. The van der Waals surface area contributed by atoms with Crippen LogP contribution in [-0.4, -0.2) is 29.8 Å². The summed E-state index contributed by atoms with van der Waals surface area (Å²) in [5.74, 6) is 0.244. The van der Waals surface area contributed by atoms with E-state index in [2.05, 4.69) is 37.4 Å². The predicted octanol–water partition coefficient (Wildman–Crippen LogP) is 2.18. The van der Waals surface area contributed by atoms with Gasteiger partial charge in [-0.05, 0) is 37.8 Å². The van der Waals surface area contributed by atoms with Gasteiger partial charge in [-0.15, -0.1) is 0 Å². The number of aryl methyl sites for hydroxylation is 2. The van der Waals surface area contributed by atoms with Crippen LogP contribution >= 0.6 is 0 Å². The number of nitrogens with zero attached hydrogens (tertiary/aromatic N) is 1. The number of likely N-dealkylation sites (tertiary alicyclic amines) is 1. The second-order valence-electron chi connectivity index (χ2n) is 5.93. The average Bonchev–Trinajstić information content (AvgIpc) is 2.46. The molecule has 0 atom stereocenters. The lowest BCUT2D eigenvalue weighted by molar-refractivity contribution is -0.134. The predicted molar refractivity (Wildman–Crippen MR) is 82.7 cm³/mol. The first-order valence-electron chi connectivity index (χ1n) is 7.56. The first kappa shape index (κ1) is 15.5. The van der Waals surface area contributed by atoms with Crippen LogP contribution in [-0.2, 0) is 16.1 Å². The van der Waals surface area contributed by atoms with Gasteiger partial charge in [0.1, 0.15) is 0 Å². The van der Waals surface area contributed by atoms with Gasteiger partial charge in [-0.1, -0.05) is 23.8 Å². The monoisotopic (exact) mass is 288 g/mol. The molecule has 114 valence electrons. The molecule has 0 aromatic heterocycles. The number of carbonyl (C=O) groups is 2. The highest BCUT2D eigenvalue weighted by atomic mass is 16.2. The molecule has 1 N–H and O–H groups in total. The number of carbonyl (C=O) groups excluding carboxylic acids is 2. The Morgan fingerprint density at radius 3 is 2.48 bits per heavy atom. The minimum atomic E-state index is 0.0337. The third-order valence-corrected chi connectivity index (χ3v) is 4.26. The van der Waals surface area contributed by atoms with Gasteiger partial charge >= 0.3 is 0 Å². The van der Waals surface area contributed by atoms with Crippen molar-refractivity contribution >= 4 is 11.8 Å². The molecule has 1 saturated heterocycles. The fourth-order valence-electron chi connectivity index (χ4n) is 2.83. The maximum Gasteiger partial charge on any atom is 0.223 e. The van der Waals surface area contributed by atoms with Gasteiger partial charge < -0.3 is 10.2 Å². The topological polar surface area (TPSA) is 49.4 Å². The van der Waals surface area contributed by atoms with E-state index in [0.717, 1.165) is 18.4 Å². The third-order valence-electron chi connectivity index (χ3n) is 4.26. The summed E-state index contributed by atoms with van der Waals surface area (Å²) in [5, 5.41) is 3.03. The van der Waals surface area contributed by atoms with Crippen molar-refractivity contribution < 1.29 is 9.59 Å². The van der Waals surface area contributed by atoms with Crippen molar-refractivity contribution in [2.45, 2.75) is 40.2 Å². The third kappa shape index (κ3) is 4.06. The number of hydrogen-bond acceptors (Lipinski definition) is 2. The van der Waals surface area contributed by atoms with Crippen molar-refractivity contribution in [3.63, 3.8) is 0 Å². The zero-order valence-corrected chi connectivity index (χ0v) is 13.1. The van der Waals surface area contributed by atoms with Crippen molar-refractivity contribution in [3.8, 4) is 0 Å². The molecule has 2 rings (SSSR count). The number of hydrogen-bond donors (Lipinski definition) is 1. The maximum absolute atomic E-state index is 12.2. The molecule has 0 saturated carbocycles. The Labute approximate surface area is 126 Å². The summed E-state index contributed by atoms with van der Waals surface area (Å²) in [4.78, 5) is 25.3. The number of piperidine rings is 1. The van der Waals surface area contributed by atoms with E-state index in [4.69, 9.17) is 0 Å². The number of benzene rings is 1. The van der Waals surface area contributed by atoms with Crippen LogP contribution in [0.25, 0.3) is 0 Å². The lowest BCUT2D eigenvalue weighted by Crippen LogP contribution is -2.42. The fraction of sp³-hybridized carbons (Fsp3) is 0.529. The Balaban J connectivity index is 1.84. The Morgan fingerprint density at radius 2 is 1.90 bits per heavy atom. The summed E-state index contributed by atoms with van der Waals surface area (Å²) >= 11 is 0. The minimum Gasteiger partial charge on any atom is -0.352 e. The van der Waals surface area contributed by atoms with E-state index in [1.807, 2.05) is 4.90 Å². The molecule has 21 heavy (non-hydrogen) atoms. The normalized spacial score (nSPS) is 15.9. The summed E-state index contributed by atoms with van der Waals surface area (Å²) in [6.45, 7) is 7.68. The van der Waals surface area contributed by atoms with Crippen LogP contribution in [0.5, 0.6) is 0 Å². The number of rotatable bonds is 3. The highest BCUT2D eigenvalue weighted by Gasteiger charge is 2.25. The van der Waals surface area contributed by atoms with Gasteiger partial charge in [0.25, 0.3) is 0 Å². The van der Waals surface area contributed by atoms with Gasteiger partial charge in [0.2, 0.25) is 11.8 Å². The molecule has 0 aliphatic carbocycles. The van der Waals surface area contributed by atoms with Crippen molar-refractivity contribution in [1.29, 1.82) is 0 Å². The highest BCUT2D eigenvalue weighted by molar-refractivity contribution is 5.79. The Bertz CT molecular complexity index is 532. The average molecular weight is 288 g/mol. The van der Waals surface area contributed by atoms with E-state index in [1.54, 1.807) is 6.92 Å². The SMILES string of the molecule is CC(=O)N1CCC(C(=O)NCc2ccc(C)cc2C)CC1. The van der Waals surface area contributed by atoms with Gasteiger partial charge in [-0.25, -0.2) is 0 Å². The zero-order chi connectivity index (χ0) is 15.4. The first-order valence-corrected chi connectivity index (χ1v) is 7.56. The van der Waals surface area contributed by atoms with E-state index >= 15 is 0 Å². The lowest BCUT2D eigenvalue weighted by atomic mass is 9.95. The molecule has 4 heteroatoms. The summed E-state index contributed by atoms with van der Waals surface area (Å²) < 4.78 is 0. The van der Waals surface area contributed by atoms with Crippen molar-refractivity contribution in [2.75, 3.05) is 13.1 Å². The summed E-state index contributed by atoms with van der Waals surface area (Å²) in [6.07, 6.45) is 1.52. The van der Waals surface area contributed by atoms with Gasteiger partial charge in [-0.2, -0.15) is 0 Å². The molecule has 1 aliphatic rings. The molecule has 1 aromatic rings. The van der Waals surface area contributed by atoms with Crippen LogP contribution in [0, 0.1) is 19.8 Å². The fourth-order valence-corrected chi connectivity index (χ4v) is 2.83. The summed E-state index contributed by atoms with van der Waals surface area (Å²) in [5.41, 5.74) is 3.61. The van der Waals surface area contributed by atoms with E-state index < -0.39 is 0 Å². The Morgan fingerprint density at radius 1 is 1.24 bits per heavy atom. The van der Waals surface area contributed by atoms with Gasteiger partial charge in [0, 0.05) is 32.5 Å². The Hall–Kier alpha value is -1.84. The summed E-state index contributed by atoms with van der Waals surface area (Å²) in [7, 11) is 0. The smallest absolute Gasteiger partial charge is 0.223 e. The quantitative estimate of drug-likeness (QED) is 0.927. The molecular weight excluding hydrogens is 264 g/mol. The largest absolute Gasteiger partial charge is 0.352 e. The number of nitrogens with one attached hydrogen (secondary N) is 1. The maximum atomic E-state index is 12.2. The van der Waals surface area contributed by atoms with Crippen LogP contribution in [0.2, 0.25) is 0 Å². The first-order chi connectivity index (χ1) is 9.97. The zero-order valence-electron chi connectivity index (χ0n) is 13.1. The van der Waals surface area contributed by atoms with Crippen LogP contribution in [0.15, 0.2) is 18.2 Å². The van der Waals surface area contributed by atoms with Crippen molar-refractivity contribution in [1.82, 2.24) is 10.2 Å². The molecule has 0 bridgehead atoms. The molecule has 1 aliphatic heterocycles. The van der Waals surface area contributed by atoms with Gasteiger partial charge in [0.05, 0.1) is 0 Å². The minimum absolute atomic E-state index is 0.0337. The van der Waals surface area contributed by atoms with Crippen LogP contribution in [0.4, 0.5) is 0 Å². The highest BCUT2D eigenvalue weighted by Crippen LogP contribution is 2.18. The lowest BCUT2D eigenvalue weighted by Gasteiger charge is -2.30. The molecule has 4 nitrogen and oxygen atoms in total. The molecule has 1 heterocycles. The van der Waals surface area contributed by atoms with Crippen LogP contribution in [0.1, 0.15) is 36.5 Å². The second kappa shape index (κ2) is 6.74. The van der Waals surface area contributed by atoms with Gasteiger partial charge in [-0.3, -0.25) is 9.59 Å². The summed E-state index contributed by atoms with van der Waals surface area (Å²) in [6, 6.07) is 6.27. The molecule has 0 unspecified atom stereocenters. The molecular formula is C17H24N2O2. The van der Waals surface area contributed by atoms with Crippen LogP contribution in [0.3, 0.4) is 0 Å². The standard InChI is InChI=1S/C17H24N2O2/c1-12-4-5-16(13(2)10-12)11-18-17(21)15-6-8-19(9-7-15)14(3)20/h4-5,10,15H,6-9,11H2,1-3H3,(H,18,21). The van der Waals surface area contributed by atoms with Gasteiger partial charge in [0.15, 0.2) is 0 Å². The molecule has 0 spiro atoms. The van der Waals surface area contributed by atoms with Crippen LogP contribution < -0.4 is 5.32 Å². The van der Waals surface area contributed by atoms with E-state index in [9.17, 15) is 9.59 Å². The molecule has 1 aromatic carbocycles. The second-order valence-corrected chi connectivity index (χ2v) is 5.93. The van der Waals surface area contributed by atoms with E-state index in [0.29, 0.717) is 19.6 Å². The molecule has 1 fully saturated rings. The van der Waals surface area contributed by atoms with Crippen molar-refractivity contribution in [2.24, 2.45) is 5.92 Å². The van der Waals surface area contributed by atoms with E-state index in [1.165, 1.54) is 11.1 Å². The Kier molecular flexibility index (Phi) is 4.99. The van der Waals surface area contributed by atoms with E-state index in [-0.39, 0.29) is 17.7 Å². The molecule has 2 amide bonds. The van der Waals surface area contributed by atoms with Crippen molar-refractivity contribution in [3.05, 3.63) is 34.9 Å². The molecule has 0 radical (unpaired) electrons.